The summed E-state index contributed by atoms with van der Waals surface area (Å²) in [7, 11) is 1.79. The number of Topliss-reactive ketones (excluding diaryl/α,β-unsaturated/α-hetero) is 1. The van der Waals surface area contributed by atoms with Crippen molar-refractivity contribution in [1.29, 1.82) is 0 Å². The summed E-state index contributed by atoms with van der Waals surface area (Å²) in [6, 6.07) is 14.9. The van der Waals surface area contributed by atoms with Crippen LogP contribution in [0.25, 0.3) is 0 Å². The van der Waals surface area contributed by atoms with Gasteiger partial charge in [0, 0.05) is 18.3 Å². The van der Waals surface area contributed by atoms with Crippen molar-refractivity contribution in [3.63, 3.8) is 0 Å². The number of hydrogen-bond donors (Lipinski definition) is 2. The van der Waals surface area contributed by atoms with E-state index in [9.17, 15) is 19.2 Å². The van der Waals surface area contributed by atoms with Crippen LogP contribution in [0.15, 0.2) is 60.8 Å². The van der Waals surface area contributed by atoms with Crippen molar-refractivity contribution in [3.8, 4) is 0 Å². The molecule has 1 fully saturated rings. The maximum atomic E-state index is 13.4. The molecule has 186 valence electrons. The number of nitrogens with one attached hydrogen (secondary N) is 2. The van der Waals surface area contributed by atoms with E-state index < -0.39 is 17.5 Å². The molecule has 1 aliphatic rings. The number of anilines is 1. The van der Waals surface area contributed by atoms with Crippen molar-refractivity contribution >= 4 is 29.3 Å². The molecule has 1 aliphatic heterocycles. The van der Waals surface area contributed by atoms with E-state index in [1.807, 2.05) is 44.2 Å². The molecule has 1 atom stereocenters. The maximum Gasteiger partial charge on any atom is 0.325 e. The van der Waals surface area contributed by atoms with Gasteiger partial charge in [0.2, 0.25) is 5.91 Å². The van der Waals surface area contributed by atoms with Crippen LogP contribution in [0.5, 0.6) is 0 Å². The third-order valence-corrected chi connectivity index (χ3v) is 6.46. The number of aryl methyl sites for hydroxylation is 2. The Morgan fingerprint density at radius 2 is 1.75 bits per heavy atom. The summed E-state index contributed by atoms with van der Waals surface area (Å²) in [6.07, 6.45) is 2.99. The van der Waals surface area contributed by atoms with Crippen LogP contribution in [0, 0.1) is 6.92 Å². The van der Waals surface area contributed by atoms with Gasteiger partial charge in [0.25, 0.3) is 5.91 Å². The van der Waals surface area contributed by atoms with Crippen LogP contribution < -0.4 is 10.6 Å². The van der Waals surface area contributed by atoms with Gasteiger partial charge in [-0.2, -0.15) is 5.10 Å². The van der Waals surface area contributed by atoms with Gasteiger partial charge >= 0.3 is 6.03 Å². The lowest BCUT2D eigenvalue weighted by atomic mass is 9.85. The number of rotatable bonds is 9. The molecule has 9 heteroatoms. The Hall–Kier alpha value is -4.27. The monoisotopic (exact) mass is 487 g/mol. The smallest absolute Gasteiger partial charge is 0.325 e. The second-order valence-electron chi connectivity index (χ2n) is 8.97. The Morgan fingerprint density at radius 3 is 2.36 bits per heavy atom. The van der Waals surface area contributed by atoms with Crippen molar-refractivity contribution in [2.24, 2.45) is 7.05 Å². The van der Waals surface area contributed by atoms with Crippen LogP contribution in [0.3, 0.4) is 0 Å². The Morgan fingerprint density at radius 1 is 1.06 bits per heavy atom. The Labute approximate surface area is 209 Å². The van der Waals surface area contributed by atoms with Crippen LogP contribution >= 0.6 is 0 Å². The van der Waals surface area contributed by atoms with E-state index in [1.54, 1.807) is 42.2 Å². The predicted octanol–water partition coefficient (Wildman–Crippen LogP) is 3.34. The summed E-state index contributed by atoms with van der Waals surface area (Å²) >= 11 is 0. The molecule has 4 amide bonds. The van der Waals surface area contributed by atoms with Gasteiger partial charge in [0.15, 0.2) is 5.78 Å². The SMILES string of the molecule is CCCC1(c2ccccc2)NC(=O)N(CC(=O)c2ccc(NC(=O)Cc3c(C)cnn3C)cc2)C1=O. The molecular formula is C27H29N5O4. The minimum atomic E-state index is -1.17. The average Bonchev–Trinajstić information content (AvgIpc) is 3.31. The van der Waals surface area contributed by atoms with E-state index in [0.717, 1.165) is 16.2 Å². The molecule has 36 heavy (non-hydrogen) atoms. The summed E-state index contributed by atoms with van der Waals surface area (Å²) in [5, 5.41) is 9.78. The zero-order chi connectivity index (χ0) is 25.9. The molecule has 2 N–H and O–H groups in total. The molecule has 4 rings (SSSR count). The molecule has 0 saturated carbocycles. The van der Waals surface area contributed by atoms with E-state index in [2.05, 4.69) is 15.7 Å². The van der Waals surface area contributed by atoms with Gasteiger partial charge in [-0.25, -0.2) is 4.79 Å². The van der Waals surface area contributed by atoms with Crippen LogP contribution in [-0.2, 0) is 28.6 Å². The Bertz CT molecular complexity index is 1280. The van der Waals surface area contributed by atoms with Gasteiger partial charge < -0.3 is 10.6 Å². The Kier molecular flexibility index (Phi) is 7.00. The molecule has 2 aromatic carbocycles. The molecular weight excluding hydrogens is 458 g/mol. The fourth-order valence-electron chi connectivity index (χ4n) is 4.53. The molecule has 1 aromatic heterocycles. The third kappa shape index (κ3) is 4.77. The zero-order valence-corrected chi connectivity index (χ0v) is 20.6. The molecule has 2 heterocycles. The lowest BCUT2D eigenvalue weighted by Crippen LogP contribution is -2.44. The number of imide groups is 1. The van der Waals surface area contributed by atoms with Gasteiger partial charge in [0.05, 0.1) is 24.9 Å². The molecule has 3 aromatic rings. The normalized spacial score (nSPS) is 17.2. The molecule has 1 saturated heterocycles. The van der Waals surface area contributed by atoms with Crippen LogP contribution in [-0.4, -0.2) is 44.9 Å². The number of aromatic nitrogens is 2. The molecule has 0 bridgehead atoms. The highest BCUT2D eigenvalue weighted by molar-refractivity contribution is 6.11. The highest BCUT2D eigenvalue weighted by atomic mass is 16.2. The second kappa shape index (κ2) is 10.2. The number of hydrogen-bond acceptors (Lipinski definition) is 5. The minimum Gasteiger partial charge on any atom is -0.326 e. The number of ketones is 1. The van der Waals surface area contributed by atoms with Crippen LogP contribution in [0.1, 0.15) is 46.9 Å². The number of benzene rings is 2. The second-order valence-corrected chi connectivity index (χ2v) is 8.97. The molecule has 1 unspecified atom stereocenters. The van der Waals surface area contributed by atoms with Crippen LogP contribution in [0.4, 0.5) is 10.5 Å². The maximum absolute atomic E-state index is 13.4. The lowest BCUT2D eigenvalue weighted by molar-refractivity contribution is -0.131. The van der Waals surface area contributed by atoms with Crippen molar-refractivity contribution in [2.75, 3.05) is 11.9 Å². The molecule has 9 nitrogen and oxygen atoms in total. The molecule has 0 spiro atoms. The van der Waals surface area contributed by atoms with Gasteiger partial charge in [-0.1, -0.05) is 43.7 Å². The Balaban J connectivity index is 1.43. The number of urea groups is 1. The van der Waals surface area contributed by atoms with E-state index in [-0.39, 0.29) is 24.7 Å². The summed E-state index contributed by atoms with van der Waals surface area (Å²) in [6.45, 7) is 3.47. The van der Waals surface area contributed by atoms with Crippen LogP contribution in [0.2, 0.25) is 0 Å². The number of nitrogens with zero attached hydrogens (tertiary/aromatic N) is 3. The minimum absolute atomic E-state index is 0.177. The van der Waals surface area contributed by atoms with E-state index in [4.69, 9.17) is 0 Å². The fraction of sp³-hybridized carbons (Fsp3) is 0.296. The lowest BCUT2D eigenvalue weighted by Gasteiger charge is -2.26. The average molecular weight is 488 g/mol. The number of carbonyl (C=O) groups is 4. The fourth-order valence-corrected chi connectivity index (χ4v) is 4.53. The van der Waals surface area contributed by atoms with Crippen molar-refractivity contribution in [1.82, 2.24) is 20.0 Å². The van der Waals surface area contributed by atoms with E-state index >= 15 is 0 Å². The quantitative estimate of drug-likeness (QED) is 0.355. The van der Waals surface area contributed by atoms with Gasteiger partial charge in [-0.15, -0.1) is 0 Å². The van der Waals surface area contributed by atoms with E-state index in [0.29, 0.717) is 29.7 Å². The van der Waals surface area contributed by atoms with Crippen molar-refractivity contribution < 1.29 is 19.2 Å². The van der Waals surface area contributed by atoms with Crippen molar-refractivity contribution in [3.05, 3.63) is 83.2 Å². The first-order valence-corrected chi connectivity index (χ1v) is 11.9. The number of amides is 4. The largest absolute Gasteiger partial charge is 0.326 e. The summed E-state index contributed by atoms with van der Waals surface area (Å²) in [5.41, 5.74) is 2.16. The third-order valence-electron chi connectivity index (χ3n) is 6.46. The molecule has 0 aliphatic carbocycles. The first kappa shape index (κ1) is 24.8. The summed E-state index contributed by atoms with van der Waals surface area (Å²) in [4.78, 5) is 52.5. The number of carbonyl (C=O) groups excluding carboxylic acids is 4. The predicted molar refractivity (Wildman–Crippen MR) is 134 cm³/mol. The standard InChI is InChI=1S/C27H29N5O4/c1-4-14-27(20-8-6-5-7-9-20)25(35)32(26(36)30-27)17-23(33)19-10-12-21(13-11-19)29-24(34)15-22-18(2)16-28-31(22)3/h5-13,16H,4,14-15,17H2,1-3H3,(H,29,34)(H,30,36). The van der Waals surface area contributed by atoms with Gasteiger partial charge in [0.1, 0.15) is 5.54 Å². The summed E-state index contributed by atoms with van der Waals surface area (Å²) in [5.74, 6) is -1.00. The highest BCUT2D eigenvalue weighted by Gasteiger charge is 2.52. The topological polar surface area (TPSA) is 113 Å². The first-order chi connectivity index (χ1) is 17.2. The zero-order valence-electron chi connectivity index (χ0n) is 20.6. The van der Waals surface area contributed by atoms with Crippen molar-refractivity contribution in [2.45, 2.75) is 38.6 Å². The first-order valence-electron chi connectivity index (χ1n) is 11.9. The summed E-state index contributed by atoms with van der Waals surface area (Å²) < 4.78 is 1.67. The van der Waals surface area contributed by atoms with Gasteiger partial charge in [-0.3, -0.25) is 24.0 Å². The van der Waals surface area contributed by atoms with Gasteiger partial charge in [-0.05, 0) is 48.7 Å². The highest BCUT2D eigenvalue weighted by Crippen LogP contribution is 2.33. The molecule has 0 radical (unpaired) electrons. The van der Waals surface area contributed by atoms with E-state index in [1.165, 1.54) is 0 Å².